The normalized spacial score (nSPS) is 28.9. The molecular weight excluding hydrogens is 260 g/mol. The third-order valence-electron chi connectivity index (χ3n) is 3.42. The number of methoxy groups -OCH3 is 1. The van der Waals surface area contributed by atoms with Crippen molar-refractivity contribution in [2.24, 2.45) is 0 Å². The van der Waals surface area contributed by atoms with Gasteiger partial charge in [0, 0.05) is 13.5 Å². The molecule has 1 unspecified atom stereocenters. The van der Waals surface area contributed by atoms with Crippen molar-refractivity contribution >= 4 is 5.97 Å². The highest BCUT2D eigenvalue weighted by Crippen LogP contribution is 2.32. The van der Waals surface area contributed by atoms with Crippen molar-refractivity contribution < 1.29 is 24.1 Å². The molecule has 2 rings (SSSR count). The van der Waals surface area contributed by atoms with E-state index >= 15 is 0 Å². The Morgan fingerprint density at radius 2 is 2.00 bits per heavy atom. The van der Waals surface area contributed by atoms with Crippen LogP contribution in [0, 0.1) is 0 Å². The Kier molecular flexibility index (Phi) is 4.42. The molecule has 20 heavy (non-hydrogen) atoms. The van der Waals surface area contributed by atoms with Crippen LogP contribution in [0.25, 0.3) is 0 Å². The van der Waals surface area contributed by atoms with Gasteiger partial charge in [-0.3, -0.25) is 0 Å². The number of hydrogen-bond acceptors (Lipinski definition) is 5. The third kappa shape index (κ3) is 3.17. The molecule has 1 heterocycles. The maximum absolute atomic E-state index is 12.1. The van der Waals surface area contributed by atoms with Crippen LogP contribution in [-0.2, 0) is 14.2 Å². The molecule has 1 saturated heterocycles. The van der Waals surface area contributed by atoms with E-state index in [1.807, 2.05) is 6.07 Å². The van der Waals surface area contributed by atoms with Gasteiger partial charge in [-0.15, -0.1) is 0 Å². The summed E-state index contributed by atoms with van der Waals surface area (Å²) in [5.74, 6) is -0.428. The maximum atomic E-state index is 12.1. The molecule has 0 saturated carbocycles. The molecule has 0 amide bonds. The molecule has 5 heteroatoms. The maximum Gasteiger partial charge on any atom is 0.338 e. The number of aliphatic hydroxyl groups is 1. The van der Waals surface area contributed by atoms with Crippen LogP contribution < -0.4 is 0 Å². The predicted octanol–water partition coefficient (Wildman–Crippen LogP) is 1.74. The third-order valence-corrected chi connectivity index (χ3v) is 3.42. The van der Waals surface area contributed by atoms with Gasteiger partial charge in [0.05, 0.1) is 11.2 Å². The van der Waals surface area contributed by atoms with E-state index in [0.717, 1.165) is 0 Å². The SMILES string of the molecule is CO[C@@H]1[C@@H](OC(=O)c2ccccc2)CC(O)OC1(C)C. The van der Waals surface area contributed by atoms with E-state index in [9.17, 15) is 9.90 Å². The molecule has 3 atom stereocenters. The van der Waals surface area contributed by atoms with Gasteiger partial charge in [0.1, 0.15) is 12.2 Å². The van der Waals surface area contributed by atoms with Crippen molar-refractivity contribution in [3.8, 4) is 0 Å². The van der Waals surface area contributed by atoms with E-state index in [1.165, 1.54) is 7.11 Å². The van der Waals surface area contributed by atoms with Crippen molar-refractivity contribution in [3.63, 3.8) is 0 Å². The number of rotatable bonds is 3. The van der Waals surface area contributed by atoms with Gasteiger partial charge >= 0.3 is 5.97 Å². The van der Waals surface area contributed by atoms with E-state index in [4.69, 9.17) is 14.2 Å². The van der Waals surface area contributed by atoms with E-state index in [1.54, 1.807) is 38.1 Å². The number of benzene rings is 1. The second-order valence-corrected chi connectivity index (χ2v) is 5.38. The van der Waals surface area contributed by atoms with Gasteiger partial charge in [0.15, 0.2) is 6.29 Å². The number of hydrogen-bond donors (Lipinski definition) is 1. The molecule has 0 spiro atoms. The lowest BCUT2D eigenvalue weighted by Gasteiger charge is -2.44. The first-order valence-corrected chi connectivity index (χ1v) is 6.59. The smallest absolute Gasteiger partial charge is 0.338 e. The van der Waals surface area contributed by atoms with Crippen molar-refractivity contribution in [1.82, 2.24) is 0 Å². The lowest BCUT2D eigenvalue weighted by Crippen LogP contribution is -2.56. The summed E-state index contributed by atoms with van der Waals surface area (Å²) < 4.78 is 16.3. The van der Waals surface area contributed by atoms with Gasteiger partial charge in [0.2, 0.25) is 0 Å². The Labute approximate surface area is 118 Å². The summed E-state index contributed by atoms with van der Waals surface area (Å²) in [6, 6.07) is 8.74. The molecule has 0 aromatic heterocycles. The zero-order valence-corrected chi connectivity index (χ0v) is 11.9. The minimum absolute atomic E-state index is 0.195. The van der Waals surface area contributed by atoms with Crippen molar-refractivity contribution in [2.75, 3.05) is 7.11 Å². The molecule has 1 aliphatic rings. The number of aliphatic hydroxyl groups excluding tert-OH is 1. The standard InChI is InChI=1S/C15H20O5/c1-15(2)13(18-3)11(9-12(16)20-15)19-14(17)10-7-5-4-6-8-10/h4-8,11-13,16H,9H2,1-3H3/t11-,12?,13+/m0/s1. The first kappa shape index (κ1) is 15.0. The molecule has 1 aromatic rings. The van der Waals surface area contributed by atoms with Crippen LogP contribution in [0.5, 0.6) is 0 Å². The highest BCUT2D eigenvalue weighted by Gasteiger charge is 2.46. The summed E-state index contributed by atoms with van der Waals surface area (Å²) in [5.41, 5.74) is -0.255. The molecule has 110 valence electrons. The molecule has 1 fully saturated rings. The zero-order chi connectivity index (χ0) is 14.8. The zero-order valence-electron chi connectivity index (χ0n) is 11.9. The minimum Gasteiger partial charge on any atom is -0.456 e. The van der Waals surface area contributed by atoms with Gasteiger partial charge in [-0.2, -0.15) is 0 Å². The Hall–Kier alpha value is -1.43. The topological polar surface area (TPSA) is 65.0 Å². The van der Waals surface area contributed by atoms with Crippen LogP contribution in [0.4, 0.5) is 0 Å². The summed E-state index contributed by atoms with van der Waals surface area (Å²) in [7, 11) is 1.54. The van der Waals surface area contributed by atoms with E-state index < -0.39 is 30.1 Å². The van der Waals surface area contributed by atoms with E-state index in [2.05, 4.69) is 0 Å². The molecule has 1 aromatic carbocycles. The quantitative estimate of drug-likeness (QED) is 0.854. The van der Waals surface area contributed by atoms with Crippen LogP contribution in [0.1, 0.15) is 30.6 Å². The first-order chi connectivity index (χ1) is 9.44. The fraction of sp³-hybridized carbons (Fsp3) is 0.533. The number of esters is 1. The summed E-state index contributed by atoms with van der Waals surface area (Å²) in [4.78, 5) is 12.1. The monoisotopic (exact) mass is 280 g/mol. The van der Waals surface area contributed by atoms with Crippen LogP contribution in [0.3, 0.4) is 0 Å². The number of ether oxygens (including phenoxy) is 3. The van der Waals surface area contributed by atoms with Gasteiger partial charge in [-0.1, -0.05) is 18.2 Å². The lowest BCUT2D eigenvalue weighted by atomic mass is 9.91. The summed E-state index contributed by atoms with van der Waals surface area (Å²) in [6.45, 7) is 3.60. The van der Waals surface area contributed by atoms with Crippen LogP contribution in [0.2, 0.25) is 0 Å². The second-order valence-electron chi connectivity index (χ2n) is 5.38. The van der Waals surface area contributed by atoms with Crippen LogP contribution in [-0.4, -0.2) is 42.3 Å². The average molecular weight is 280 g/mol. The van der Waals surface area contributed by atoms with Gasteiger partial charge < -0.3 is 19.3 Å². The Balaban J connectivity index is 2.12. The Morgan fingerprint density at radius 1 is 1.35 bits per heavy atom. The van der Waals surface area contributed by atoms with Crippen molar-refractivity contribution in [1.29, 1.82) is 0 Å². The van der Waals surface area contributed by atoms with Crippen LogP contribution in [0.15, 0.2) is 30.3 Å². The van der Waals surface area contributed by atoms with E-state index in [-0.39, 0.29) is 6.42 Å². The fourth-order valence-electron chi connectivity index (χ4n) is 2.56. The minimum atomic E-state index is -0.968. The molecule has 5 nitrogen and oxygen atoms in total. The van der Waals surface area contributed by atoms with E-state index in [0.29, 0.717) is 5.56 Å². The molecule has 0 aliphatic carbocycles. The molecule has 1 aliphatic heterocycles. The Morgan fingerprint density at radius 3 is 2.60 bits per heavy atom. The molecule has 0 radical (unpaired) electrons. The summed E-state index contributed by atoms with van der Waals surface area (Å²) in [6.07, 6.45) is -1.75. The first-order valence-electron chi connectivity index (χ1n) is 6.59. The predicted molar refractivity (Wildman–Crippen MR) is 72.2 cm³/mol. The molecular formula is C15H20O5. The molecule has 0 bridgehead atoms. The largest absolute Gasteiger partial charge is 0.456 e. The fourth-order valence-corrected chi connectivity index (χ4v) is 2.56. The summed E-state index contributed by atoms with van der Waals surface area (Å²) in [5, 5.41) is 9.74. The van der Waals surface area contributed by atoms with Crippen LogP contribution >= 0.6 is 0 Å². The number of carbonyl (C=O) groups excluding carboxylic acids is 1. The highest BCUT2D eigenvalue weighted by atomic mass is 16.6. The average Bonchev–Trinajstić information content (AvgIpc) is 2.38. The highest BCUT2D eigenvalue weighted by molar-refractivity contribution is 5.89. The summed E-state index contributed by atoms with van der Waals surface area (Å²) >= 11 is 0. The Bertz CT molecular complexity index is 457. The van der Waals surface area contributed by atoms with Gasteiger partial charge in [-0.05, 0) is 26.0 Å². The van der Waals surface area contributed by atoms with Gasteiger partial charge in [-0.25, -0.2) is 4.79 Å². The van der Waals surface area contributed by atoms with Gasteiger partial charge in [0.25, 0.3) is 0 Å². The molecule has 1 N–H and O–H groups in total. The van der Waals surface area contributed by atoms with Crippen molar-refractivity contribution in [2.45, 2.75) is 44.4 Å². The van der Waals surface area contributed by atoms with Crippen molar-refractivity contribution in [3.05, 3.63) is 35.9 Å². The number of carbonyl (C=O) groups is 1. The lowest BCUT2D eigenvalue weighted by molar-refractivity contribution is -0.272. The second kappa shape index (κ2) is 5.91.